The number of nitrogens with one attached hydrogen (secondary N) is 2. The van der Waals surface area contributed by atoms with Crippen LogP contribution in [0.2, 0.25) is 0 Å². The number of aliphatic hydroxyl groups is 4. The zero-order chi connectivity index (χ0) is 28.6. The Kier molecular flexibility index (Phi) is 8.10. The lowest BCUT2D eigenvalue weighted by Crippen LogP contribution is -3.11. The number of phenols is 1. The van der Waals surface area contributed by atoms with E-state index in [4.69, 9.17) is 9.47 Å². The summed E-state index contributed by atoms with van der Waals surface area (Å²) in [5.41, 5.74) is 0.831. The Bertz CT molecular complexity index is 1210. The van der Waals surface area contributed by atoms with Gasteiger partial charge in [0.05, 0.1) is 6.61 Å². The number of phenolic OH excluding ortho intramolecular Hbond substituents is 1. The maximum Gasteiger partial charge on any atom is 0.351 e. The SMILES string of the molecule is O=C(O)C1=C/C(=C/C[NH+]2c3cc(O[C@@H]4O[C@@H](CO)[C@@H](O)[C@H](O)[C@H]4O)c(O)cc3C[C@H]2C(=O)[O-])C[C@@H](C(=O)O)N1. The number of aliphatic carboxylic acids is 3. The molecule has 0 aliphatic carbocycles. The number of benzene rings is 1. The number of hydrogen-bond donors (Lipinski definition) is 9. The molecule has 9 N–H and O–H groups in total. The minimum Gasteiger partial charge on any atom is -0.544 e. The molecule has 0 amide bonds. The fourth-order valence-electron chi connectivity index (χ4n) is 4.89. The fraction of sp³-hybridized carbons (Fsp3) is 0.458. The minimum absolute atomic E-state index is 0.0268. The molecule has 4 rings (SSSR count). The van der Waals surface area contributed by atoms with E-state index in [0.29, 0.717) is 21.7 Å². The van der Waals surface area contributed by atoms with Gasteiger partial charge in [-0.15, -0.1) is 0 Å². The van der Waals surface area contributed by atoms with Gasteiger partial charge in [0.2, 0.25) is 6.29 Å². The van der Waals surface area contributed by atoms with Gasteiger partial charge in [0.1, 0.15) is 60.4 Å². The van der Waals surface area contributed by atoms with Gasteiger partial charge in [0.25, 0.3) is 0 Å². The predicted octanol–water partition coefficient (Wildman–Crippen LogP) is -4.90. The van der Waals surface area contributed by atoms with Gasteiger partial charge in [0.15, 0.2) is 11.5 Å². The molecule has 0 spiro atoms. The zero-order valence-electron chi connectivity index (χ0n) is 20.3. The van der Waals surface area contributed by atoms with Gasteiger partial charge in [-0.25, -0.2) is 9.59 Å². The third kappa shape index (κ3) is 5.68. The Morgan fingerprint density at radius 3 is 2.46 bits per heavy atom. The average molecular weight is 552 g/mol. The van der Waals surface area contributed by atoms with Gasteiger partial charge in [-0.1, -0.05) is 0 Å². The smallest absolute Gasteiger partial charge is 0.351 e. The van der Waals surface area contributed by atoms with Crippen molar-refractivity contribution in [1.82, 2.24) is 5.32 Å². The highest BCUT2D eigenvalue weighted by atomic mass is 16.7. The van der Waals surface area contributed by atoms with Crippen molar-refractivity contribution in [3.63, 3.8) is 0 Å². The molecule has 3 heterocycles. The standard InChI is InChI=1S/C24H28N2O13/c27-8-17-18(29)19(30)20(31)24(39-17)38-16-7-13-10(6-15(16)28)5-14(23(36)37)26(13)2-1-9-3-11(21(32)33)25-12(4-9)22(34)35/h1,3,6-7,12,14,17-20,24-25,27-31H,2,4-5,8H2,(H,32,33)(H,34,35)(H,36,37)/b9-1-/t12-,14-,17-,18+,19-,20+,24+/m0/s1. The van der Waals surface area contributed by atoms with Crippen LogP contribution in [0.15, 0.2) is 35.6 Å². The molecular formula is C24H28N2O13. The van der Waals surface area contributed by atoms with Crippen LogP contribution in [0, 0.1) is 0 Å². The van der Waals surface area contributed by atoms with Crippen molar-refractivity contribution in [2.24, 2.45) is 0 Å². The molecule has 8 atom stereocenters. The lowest BCUT2D eigenvalue weighted by Gasteiger charge is -2.39. The van der Waals surface area contributed by atoms with Crippen molar-refractivity contribution in [3.05, 3.63) is 41.1 Å². The number of aromatic hydroxyl groups is 1. The zero-order valence-corrected chi connectivity index (χ0v) is 20.3. The monoisotopic (exact) mass is 552 g/mol. The van der Waals surface area contributed by atoms with Crippen LogP contribution in [-0.4, -0.2) is 110 Å². The van der Waals surface area contributed by atoms with E-state index in [0.717, 1.165) is 0 Å². The Hall–Kier alpha value is -3.73. The summed E-state index contributed by atoms with van der Waals surface area (Å²) in [6.45, 7) is -0.724. The molecule has 0 radical (unpaired) electrons. The number of ether oxygens (including phenoxy) is 2. The van der Waals surface area contributed by atoms with E-state index in [-0.39, 0.29) is 30.8 Å². The van der Waals surface area contributed by atoms with Crippen molar-refractivity contribution in [2.75, 3.05) is 13.2 Å². The highest BCUT2D eigenvalue weighted by Crippen LogP contribution is 2.36. The van der Waals surface area contributed by atoms with Crippen molar-refractivity contribution < 1.29 is 69.6 Å². The first kappa shape index (κ1) is 28.3. The van der Waals surface area contributed by atoms with Gasteiger partial charge in [-0.3, -0.25) is 4.90 Å². The van der Waals surface area contributed by atoms with E-state index in [1.165, 1.54) is 24.3 Å². The third-order valence-corrected chi connectivity index (χ3v) is 6.96. The Morgan fingerprint density at radius 2 is 1.85 bits per heavy atom. The lowest BCUT2D eigenvalue weighted by atomic mass is 9.99. The van der Waals surface area contributed by atoms with E-state index in [2.05, 4.69) is 5.32 Å². The molecule has 3 aliphatic heterocycles. The van der Waals surface area contributed by atoms with Gasteiger partial charge >= 0.3 is 11.9 Å². The fourth-order valence-corrected chi connectivity index (χ4v) is 4.89. The lowest BCUT2D eigenvalue weighted by molar-refractivity contribution is -0.840. The Morgan fingerprint density at radius 1 is 1.13 bits per heavy atom. The summed E-state index contributed by atoms with van der Waals surface area (Å²) in [4.78, 5) is 35.1. The van der Waals surface area contributed by atoms with Crippen LogP contribution in [0.3, 0.4) is 0 Å². The molecule has 0 saturated carbocycles. The van der Waals surface area contributed by atoms with Crippen LogP contribution in [-0.2, 0) is 25.5 Å². The number of fused-ring (bicyclic) bond motifs is 1. The molecule has 15 heteroatoms. The predicted molar refractivity (Wildman–Crippen MR) is 123 cm³/mol. The molecule has 1 aromatic rings. The maximum absolute atomic E-state index is 11.9. The number of hydrogen-bond acceptors (Lipinski definition) is 12. The molecule has 212 valence electrons. The summed E-state index contributed by atoms with van der Waals surface area (Å²) in [7, 11) is 0. The van der Waals surface area contributed by atoms with E-state index in [1.807, 2.05) is 0 Å². The average Bonchev–Trinajstić information content (AvgIpc) is 3.24. The summed E-state index contributed by atoms with van der Waals surface area (Å²) < 4.78 is 10.9. The molecule has 39 heavy (non-hydrogen) atoms. The largest absolute Gasteiger partial charge is 0.544 e. The summed E-state index contributed by atoms with van der Waals surface area (Å²) in [6.07, 6.45) is -5.26. The van der Waals surface area contributed by atoms with Gasteiger partial charge in [0, 0.05) is 24.5 Å². The summed E-state index contributed by atoms with van der Waals surface area (Å²) >= 11 is 0. The first-order valence-corrected chi connectivity index (χ1v) is 11.9. The number of carbonyl (C=O) groups excluding carboxylic acids is 1. The van der Waals surface area contributed by atoms with Crippen molar-refractivity contribution in [3.8, 4) is 11.5 Å². The molecule has 15 nitrogen and oxygen atoms in total. The molecule has 3 aliphatic rings. The summed E-state index contributed by atoms with van der Waals surface area (Å²) in [5.74, 6) is -4.69. The van der Waals surface area contributed by atoms with Crippen LogP contribution < -0.4 is 20.1 Å². The highest BCUT2D eigenvalue weighted by molar-refractivity contribution is 5.89. The van der Waals surface area contributed by atoms with Crippen LogP contribution in [0.1, 0.15) is 12.0 Å². The number of allylic oxidation sites excluding steroid dienone is 1. The molecule has 1 saturated heterocycles. The highest BCUT2D eigenvalue weighted by Gasteiger charge is 2.45. The molecule has 1 unspecified atom stereocenters. The van der Waals surface area contributed by atoms with Crippen LogP contribution in [0.4, 0.5) is 5.69 Å². The second-order valence-corrected chi connectivity index (χ2v) is 9.48. The number of rotatable bonds is 8. The van der Waals surface area contributed by atoms with E-state index in [9.17, 15) is 55.2 Å². The molecule has 0 aromatic heterocycles. The van der Waals surface area contributed by atoms with E-state index in [1.54, 1.807) is 0 Å². The molecule has 1 aromatic carbocycles. The van der Waals surface area contributed by atoms with Crippen molar-refractivity contribution in [2.45, 2.75) is 55.6 Å². The number of aliphatic hydroxyl groups excluding tert-OH is 4. The Labute approximate surface area is 220 Å². The number of quaternary nitrogens is 1. The maximum atomic E-state index is 11.9. The van der Waals surface area contributed by atoms with E-state index >= 15 is 0 Å². The minimum atomic E-state index is -1.75. The topological polar surface area (TPSA) is 251 Å². The number of carboxylic acids is 3. The quantitative estimate of drug-likeness (QED) is 0.137. The van der Waals surface area contributed by atoms with Crippen LogP contribution >= 0.6 is 0 Å². The molecular weight excluding hydrogens is 524 g/mol. The summed E-state index contributed by atoms with van der Waals surface area (Å²) in [5, 5.41) is 83.1. The van der Waals surface area contributed by atoms with E-state index < -0.39 is 73.1 Å². The normalized spacial score (nSPS) is 33.1. The van der Waals surface area contributed by atoms with Gasteiger partial charge in [-0.05, 0) is 23.8 Å². The van der Waals surface area contributed by atoms with Crippen molar-refractivity contribution in [1.29, 1.82) is 0 Å². The Balaban J connectivity index is 1.62. The van der Waals surface area contributed by atoms with Crippen molar-refractivity contribution >= 4 is 23.6 Å². The second kappa shape index (κ2) is 11.2. The van der Waals surface area contributed by atoms with Crippen LogP contribution in [0.25, 0.3) is 0 Å². The molecule has 1 fully saturated rings. The second-order valence-electron chi connectivity index (χ2n) is 9.48. The van der Waals surface area contributed by atoms with Gasteiger partial charge < -0.3 is 60.4 Å². The third-order valence-electron chi connectivity index (χ3n) is 6.96. The first-order valence-electron chi connectivity index (χ1n) is 11.9. The number of carbonyl (C=O) groups is 3. The summed E-state index contributed by atoms with van der Waals surface area (Å²) in [6, 6.07) is 0.265. The molecule has 0 bridgehead atoms. The first-order chi connectivity index (χ1) is 18.4. The number of carboxylic acid groups (broad SMARTS) is 3. The van der Waals surface area contributed by atoms with Gasteiger partial charge in [-0.2, -0.15) is 0 Å². The van der Waals surface area contributed by atoms with Crippen LogP contribution in [0.5, 0.6) is 11.5 Å².